The summed E-state index contributed by atoms with van der Waals surface area (Å²) >= 11 is 1.55. The Morgan fingerprint density at radius 1 is 1.28 bits per heavy atom. The van der Waals surface area contributed by atoms with E-state index in [9.17, 15) is 9.90 Å². The Balaban J connectivity index is 2.20. The Morgan fingerprint density at radius 2 is 2.11 bits per heavy atom. The zero-order valence-corrected chi connectivity index (χ0v) is 10.3. The zero-order chi connectivity index (χ0) is 12.5. The molecular formula is C14H11NO2S. The summed E-state index contributed by atoms with van der Waals surface area (Å²) in [5, 5.41) is 17.3. The van der Waals surface area contributed by atoms with Crippen molar-refractivity contribution in [3.63, 3.8) is 0 Å². The van der Waals surface area contributed by atoms with E-state index in [1.54, 1.807) is 11.3 Å². The fourth-order valence-electron chi connectivity index (χ4n) is 2.15. The van der Waals surface area contributed by atoms with Gasteiger partial charge in [-0.25, -0.2) is 0 Å². The van der Waals surface area contributed by atoms with E-state index < -0.39 is 6.04 Å². The highest BCUT2D eigenvalue weighted by atomic mass is 32.1. The van der Waals surface area contributed by atoms with Gasteiger partial charge in [0, 0.05) is 16.5 Å². The zero-order valence-electron chi connectivity index (χ0n) is 9.46. The lowest BCUT2D eigenvalue weighted by Crippen LogP contribution is -2.27. The molecule has 0 saturated carbocycles. The third kappa shape index (κ3) is 1.62. The van der Waals surface area contributed by atoms with Crippen LogP contribution in [0.3, 0.4) is 0 Å². The predicted octanol–water partition coefficient (Wildman–Crippen LogP) is 2.98. The summed E-state index contributed by atoms with van der Waals surface area (Å²) in [6.07, 6.45) is 0.859. The van der Waals surface area contributed by atoms with Gasteiger partial charge in [-0.05, 0) is 17.0 Å². The van der Waals surface area contributed by atoms with Crippen LogP contribution in [0.1, 0.15) is 22.7 Å². The van der Waals surface area contributed by atoms with Gasteiger partial charge in [0.1, 0.15) is 18.1 Å². The SMILES string of the molecule is O=CC1NC(c2ccsc2)=C(O)c2ccccc21. The van der Waals surface area contributed by atoms with Crippen molar-refractivity contribution in [3.8, 4) is 0 Å². The van der Waals surface area contributed by atoms with E-state index in [4.69, 9.17) is 0 Å². The number of hydrogen-bond acceptors (Lipinski definition) is 4. The number of aldehydes is 1. The topological polar surface area (TPSA) is 49.3 Å². The van der Waals surface area contributed by atoms with Crippen molar-refractivity contribution in [2.24, 2.45) is 0 Å². The molecule has 3 rings (SSSR count). The summed E-state index contributed by atoms with van der Waals surface area (Å²) in [6.45, 7) is 0. The number of carbonyl (C=O) groups is 1. The second-order valence-corrected chi connectivity index (χ2v) is 4.86. The maximum atomic E-state index is 11.2. The molecule has 90 valence electrons. The van der Waals surface area contributed by atoms with Crippen LogP contribution in [0.4, 0.5) is 0 Å². The van der Waals surface area contributed by atoms with E-state index in [1.165, 1.54) is 0 Å². The number of aliphatic hydroxyl groups excluding tert-OH is 1. The molecule has 18 heavy (non-hydrogen) atoms. The lowest BCUT2D eigenvalue weighted by Gasteiger charge is -2.26. The summed E-state index contributed by atoms with van der Waals surface area (Å²) in [4.78, 5) is 11.2. The highest BCUT2D eigenvalue weighted by Gasteiger charge is 2.26. The van der Waals surface area contributed by atoms with Gasteiger partial charge < -0.3 is 15.2 Å². The third-order valence-corrected chi connectivity index (χ3v) is 3.72. The monoisotopic (exact) mass is 257 g/mol. The Labute approximate surface area is 108 Å². The van der Waals surface area contributed by atoms with Crippen LogP contribution in [0.2, 0.25) is 0 Å². The van der Waals surface area contributed by atoms with Crippen molar-refractivity contribution >= 4 is 29.1 Å². The standard InChI is InChI=1S/C14H11NO2S/c16-7-12-10-3-1-2-4-11(10)14(17)13(15-12)9-5-6-18-8-9/h1-8,12,15,17H. The van der Waals surface area contributed by atoms with Crippen LogP contribution < -0.4 is 5.32 Å². The van der Waals surface area contributed by atoms with Crippen LogP contribution in [0.25, 0.3) is 11.5 Å². The molecule has 2 N–H and O–H groups in total. The third-order valence-electron chi connectivity index (χ3n) is 3.03. The van der Waals surface area contributed by atoms with E-state index in [-0.39, 0.29) is 5.76 Å². The molecule has 0 fully saturated rings. The van der Waals surface area contributed by atoms with E-state index in [0.29, 0.717) is 5.70 Å². The maximum absolute atomic E-state index is 11.2. The van der Waals surface area contributed by atoms with Gasteiger partial charge in [0.2, 0.25) is 0 Å². The fraction of sp³-hybridized carbons (Fsp3) is 0.0714. The first-order valence-electron chi connectivity index (χ1n) is 5.58. The molecule has 1 unspecified atom stereocenters. The molecule has 0 amide bonds. The van der Waals surface area contributed by atoms with Crippen LogP contribution >= 0.6 is 11.3 Å². The highest BCUT2D eigenvalue weighted by Crippen LogP contribution is 2.34. The van der Waals surface area contributed by atoms with Gasteiger partial charge in [0.25, 0.3) is 0 Å². The molecule has 4 heteroatoms. The number of hydrogen-bond donors (Lipinski definition) is 2. The van der Waals surface area contributed by atoms with Gasteiger partial charge in [-0.3, -0.25) is 0 Å². The van der Waals surface area contributed by atoms with Crippen LogP contribution in [-0.2, 0) is 4.79 Å². The van der Waals surface area contributed by atoms with Crippen molar-refractivity contribution in [2.75, 3.05) is 0 Å². The fourth-order valence-corrected chi connectivity index (χ4v) is 2.80. The van der Waals surface area contributed by atoms with Gasteiger partial charge in [-0.1, -0.05) is 24.3 Å². The Bertz CT molecular complexity index is 616. The van der Waals surface area contributed by atoms with Crippen LogP contribution in [-0.4, -0.2) is 11.4 Å². The largest absolute Gasteiger partial charge is 0.505 e. The summed E-state index contributed by atoms with van der Waals surface area (Å²) < 4.78 is 0. The number of thiophene rings is 1. The van der Waals surface area contributed by atoms with E-state index >= 15 is 0 Å². The first kappa shape index (κ1) is 11.0. The lowest BCUT2D eigenvalue weighted by atomic mass is 9.93. The molecular weight excluding hydrogens is 246 g/mol. The summed E-state index contributed by atoms with van der Waals surface area (Å²) in [7, 11) is 0. The van der Waals surface area contributed by atoms with E-state index in [0.717, 1.165) is 23.0 Å². The lowest BCUT2D eigenvalue weighted by molar-refractivity contribution is -0.109. The van der Waals surface area contributed by atoms with Crippen LogP contribution in [0, 0.1) is 0 Å². The quantitative estimate of drug-likeness (QED) is 0.813. The molecule has 0 saturated heterocycles. The normalized spacial score (nSPS) is 18.1. The molecule has 2 aromatic rings. The molecule has 0 bridgehead atoms. The van der Waals surface area contributed by atoms with E-state index in [2.05, 4.69) is 5.32 Å². The number of fused-ring (bicyclic) bond motifs is 1. The second-order valence-electron chi connectivity index (χ2n) is 4.08. The molecule has 1 aliphatic heterocycles. The minimum absolute atomic E-state index is 0.196. The molecule has 0 radical (unpaired) electrons. The van der Waals surface area contributed by atoms with Crippen LogP contribution in [0.5, 0.6) is 0 Å². The van der Waals surface area contributed by atoms with Gasteiger partial charge in [-0.15, -0.1) is 0 Å². The van der Waals surface area contributed by atoms with Gasteiger partial charge >= 0.3 is 0 Å². The van der Waals surface area contributed by atoms with Crippen molar-refractivity contribution in [1.29, 1.82) is 0 Å². The minimum Gasteiger partial charge on any atom is -0.505 e. The second kappa shape index (κ2) is 4.31. The molecule has 2 heterocycles. The molecule has 1 aliphatic rings. The first-order chi connectivity index (χ1) is 8.81. The number of carbonyl (C=O) groups excluding carboxylic acids is 1. The number of nitrogens with one attached hydrogen (secondary N) is 1. The Kier molecular flexibility index (Phi) is 2.64. The van der Waals surface area contributed by atoms with Crippen molar-refractivity contribution in [3.05, 3.63) is 57.8 Å². The van der Waals surface area contributed by atoms with E-state index in [1.807, 2.05) is 41.1 Å². The Hall–Kier alpha value is -2.07. The van der Waals surface area contributed by atoms with Crippen LogP contribution in [0.15, 0.2) is 41.1 Å². The van der Waals surface area contributed by atoms with Gasteiger partial charge in [0.15, 0.2) is 0 Å². The number of benzene rings is 1. The molecule has 1 aromatic heterocycles. The molecule has 1 aromatic carbocycles. The highest BCUT2D eigenvalue weighted by molar-refractivity contribution is 7.08. The average molecular weight is 257 g/mol. The maximum Gasteiger partial charge on any atom is 0.146 e. The smallest absolute Gasteiger partial charge is 0.146 e. The summed E-state index contributed by atoms with van der Waals surface area (Å²) in [6, 6.07) is 8.90. The van der Waals surface area contributed by atoms with Gasteiger partial charge in [-0.2, -0.15) is 11.3 Å². The minimum atomic E-state index is -0.410. The van der Waals surface area contributed by atoms with Crippen molar-refractivity contribution < 1.29 is 9.90 Å². The predicted molar refractivity (Wildman–Crippen MR) is 72.1 cm³/mol. The number of rotatable bonds is 2. The molecule has 1 atom stereocenters. The van der Waals surface area contributed by atoms with Crippen molar-refractivity contribution in [2.45, 2.75) is 6.04 Å². The van der Waals surface area contributed by atoms with Crippen molar-refractivity contribution in [1.82, 2.24) is 5.32 Å². The summed E-state index contributed by atoms with van der Waals surface area (Å²) in [5.41, 5.74) is 3.05. The molecule has 0 aliphatic carbocycles. The molecule has 0 spiro atoms. The number of aliphatic hydroxyl groups is 1. The average Bonchev–Trinajstić information content (AvgIpc) is 2.93. The summed E-state index contributed by atoms with van der Waals surface area (Å²) in [5.74, 6) is 0.196. The first-order valence-corrected chi connectivity index (χ1v) is 6.52. The Morgan fingerprint density at radius 3 is 2.83 bits per heavy atom. The van der Waals surface area contributed by atoms with Gasteiger partial charge in [0.05, 0.1) is 5.70 Å². The molecule has 3 nitrogen and oxygen atoms in total.